The second-order valence-electron chi connectivity index (χ2n) is 5.24. The lowest BCUT2D eigenvalue weighted by Crippen LogP contribution is -2.21. The monoisotopic (exact) mass is 298 g/mol. The standard InChI is InChI=1S/C15H22O6/c1-2-10(12(15(19)20)9-13(16)17)8-14(18)21-11-6-4-3-5-7-11/h11H,2-9H2,1H3,(H,16,17)(H,19,20). The molecule has 0 aromatic heterocycles. The molecule has 0 unspecified atom stereocenters. The van der Waals surface area contributed by atoms with Gasteiger partial charge in [-0.15, -0.1) is 0 Å². The van der Waals surface area contributed by atoms with Crippen molar-refractivity contribution in [3.8, 4) is 0 Å². The average Bonchev–Trinajstić information content (AvgIpc) is 2.43. The van der Waals surface area contributed by atoms with E-state index in [1.165, 1.54) is 0 Å². The van der Waals surface area contributed by atoms with Gasteiger partial charge in [0.05, 0.1) is 12.8 Å². The van der Waals surface area contributed by atoms with Crippen LogP contribution in [0.15, 0.2) is 11.1 Å². The molecule has 0 aliphatic heterocycles. The largest absolute Gasteiger partial charge is 0.481 e. The highest BCUT2D eigenvalue weighted by Gasteiger charge is 2.22. The molecule has 1 rings (SSSR count). The number of esters is 1. The summed E-state index contributed by atoms with van der Waals surface area (Å²) in [6.45, 7) is 1.70. The van der Waals surface area contributed by atoms with Crippen molar-refractivity contribution in [1.29, 1.82) is 0 Å². The van der Waals surface area contributed by atoms with E-state index < -0.39 is 24.3 Å². The highest BCUT2D eigenvalue weighted by Crippen LogP contribution is 2.23. The molecule has 2 N–H and O–H groups in total. The molecule has 1 saturated carbocycles. The Kier molecular flexibility index (Phi) is 6.91. The van der Waals surface area contributed by atoms with Crippen LogP contribution in [0.4, 0.5) is 0 Å². The molecule has 21 heavy (non-hydrogen) atoms. The van der Waals surface area contributed by atoms with Gasteiger partial charge in [0, 0.05) is 5.57 Å². The van der Waals surface area contributed by atoms with Crippen LogP contribution < -0.4 is 0 Å². The molecule has 0 amide bonds. The maximum absolute atomic E-state index is 11.9. The van der Waals surface area contributed by atoms with E-state index in [0.717, 1.165) is 32.1 Å². The molecule has 118 valence electrons. The molecule has 0 bridgehead atoms. The summed E-state index contributed by atoms with van der Waals surface area (Å²) in [7, 11) is 0. The molecule has 6 heteroatoms. The lowest BCUT2D eigenvalue weighted by molar-refractivity contribution is -0.149. The molecular weight excluding hydrogens is 276 g/mol. The first kappa shape index (κ1) is 17.2. The zero-order chi connectivity index (χ0) is 15.8. The molecule has 1 aliphatic rings. The van der Waals surface area contributed by atoms with Crippen LogP contribution in [0.2, 0.25) is 0 Å². The van der Waals surface area contributed by atoms with Crippen molar-refractivity contribution in [3.63, 3.8) is 0 Å². The van der Waals surface area contributed by atoms with E-state index in [0.29, 0.717) is 12.0 Å². The molecule has 0 saturated heterocycles. The minimum absolute atomic E-state index is 0.0860. The number of rotatable bonds is 7. The number of aliphatic carboxylic acids is 2. The second kappa shape index (κ2) is 8.44. The Balaban J connectivity index is 2.71. The van der Waals surface area contributed by atoms with Crippen LogP contribution in [0, 0.1) is 0 Å². The summed E-state index contributed by atoms with van der Waals surface area (Å²) in [4.78, 5) is 33.8. The Hall–Kier alpha value is -1.85. The van der Waals surface area contributed by atoms with Gasteiger partial charge in [0.25, 0.3) is 0 Å². The molecule has 0 heterocycles. The van der Waals surface area contributed by atoms with E-state index in [-0.39, 0.29) is 18.1 Å². The minimum atomic E-state index is -1.29. The molecule has 1 aliphatic carbocycles. The lowest BCUT2D eigenvalue weighted by Gasteiger charge is -2.22. The average molecular weight is 298 g/mol. The second-order valence-corrected chi connectivity index (χ2v) is 5.24. The van der Waals surface area contributed by atoms with Crippen molar-refractivity contribution in [2.24, 2.45) is 0 Å². The van der Waals surface area contributed by atoms with E-state index in [1.54, 1.807) is 6.92 Å². The first-order chi connectivity index (χ1) is 9.93. The van der Waals surface area contributed by atoms with Gasteiger partial charge in [-0.05, 0) is 37.7 Å². The van der Waals surface area contributed by atoms with Crippen molar-refractivity contribution in [3.05, 3.63) is 11.1 Å². The maximum atomic E-state index is 11.9. The van der Waals surface area contributed by atoms with Crippen LogP contribution in [0.5, 0.6) is 0 Å². The van der Waals surface area contributed by atoms with Gasteiger partial charge in [-0.3, -0.25) is 9.59 Å². The SMILES string of the molecule is CCC(CC(=O)OC1CCCCC1)=C(CC(=O)O)C(=O)O. The Labute approximate surface area is 123 Å². The Morgan fingerprint density at radius 1 is 1.05 bits per heavy atom. The fourth-order valence-electron chi connectivity index (χ4n) is 2.53. The van der Waals surface area contributed by atoms with E-state index in [9.17, 15) is 14.4 Å². The van der Waals surface area contributed by atoms with Crippen molar-refractivity contribution in [2.75, 3.05) is 0 Å². The van der Waals surface area contributed by atoms with Gasteiger partial charge in [-0.2, -0.15) is 0 Å². The first-order valence-corrected chi connectivity index (χ1v) is 7.29. The predicted octanol–water partition coefficient (Wildman–Crippen LogP) is 2.52. The number of hydrogen-bond acceptors (Lipinski definition) is 4. The smallest absolute Gasteiger partial charge is 0.332 e. The van der Waals surface area contributed by atoms with Crippen LogP contribution in [-0.4, -0.2) is 34.2 Å². The predicted molar refractivity (Wildman–Crippen MR) is 74.8 cm³/mol. The van der Waals surface area contributed by atoms with Crippen LogP contribution in [-0.2, 0) is 19.1 Å². The summed E-state index contributed by atoms with van der Waals surface area (Å²) < 4.78 is 5.35. The summed E-state index contributed by atoms with van der Waals surface area (Å²) >= 11 is 0. The summed E-state index contributed by atoms with van der Waals surface area (Å²) in [5.74, 6) is -2.98. The van der Waals surface area contributed by atoms with Crippen LogP contribution in [0.1, 0.15) is 58.3 Å². The minimum Gasteiger partial charge on any atom is -0.481 e. The summed E-state index contributed by atoms with van der Waals surface area (Å²) in [5, 5.41) is 17.8. The van der Waals surface area contributed by atoms with E-state index in [1.807, 2.05) is 0 Å². The topological polar surface area (TPSA) is 101 Å². The van der Waals surface area contributed by atoms with Gasteiger partial charge in [-0.25, -0.2) is 4.79 Å². The third-order valence-electron chi connectivity index (χ3n) is 3.65. The molecule has 0 radical (unpaired) electrons. The number of carboxylic acid groups (broad SMARTS) is 2. The van der Waals surface area contributed by atoms with Gasteiger partial charge >= 0.3 is 17.9 Å². The number of carbonyl (C=O) groups excluding carboxylic acids is 1. The highest BCUT2D eigenvalue weighted by molar-refractivity contribution is 5.93. The molecule has 0 atom stereocenters. The van der Waals surface area contributed by atoms with E-state index in [2.05, 4.69) is 0 Å². The Bertz CT molecular complexity index is 431. The third-order valence-corrected chi connectivity index (χ3v) is 3.65. The molecule has 6 nitrogen and oxygen atoms in total. The zero-order valence-corrected chi connectivity index (χ0v) is 12.3. The van der Waals surface area contributed by atoms with Gasteiger partial charge in [0.2, 0.25) is 0 Å². The van der Waals surface area contributed by atoms with Gasteiger partial charge in [0.15, 0.2) is 0 Å². The summed E-state index contributed by atoms with van der Waals surface area (Å²) in [6.07, 6.45) is 4.40. The summed E-state index contributed by atoms with van der Waals surface area (Å²) in [5.41, 5.74) is 0.108. The fraction of sp³-hybridized carbons (Fsp3) is 0.667. The number of ether oxygens (including phenoxy) is 1. The Morgan fingerprint density at radius 3 is 2.14 bits per heavy atom. The molecule has 1 fully saturated rings. The van der Waals surface area contributed by atoms with E-state index in [4.69, 9.17) is 14.9 Å². The van der Waals surface area contributed by atoms with Crippen LogP contribution >= 0.6 is 0 Å². The van der Waals surface area contributed by atoms with Crippen molar-refractivity contribution >= 4 is 17.9 Å². The van der Waals surface area contributed by atoms with Crippen LogP contribution in [0.3, 0.4) is 0 Å². The first-order valence-electron chi connectivity index (χ1n) is 7.29. The van der Waals surface area contributed by atoms with Gasteiger partial charge in [0.1, 0.15) is 6.10 Å². The fourth-order valence-corrected chi connectivity index (χ4v) is 2.53. The van der Waals surface area contributed by atoms with Crippen molar-refractivity contribution in [1.82, 2.24) is 0 Å². The number of carboxylic acids is 2. The van der Waals surface area contributed by atoms with Crippen molar-refractivity contribution < 1.29 is 29.3 Å². The van der Waals surface area contributed by atoms with Crippen LogP contribution in [0.25, 0.3) is 0 Å². The molecule has 0 aromatic rings. The third kappa shape index (κ3) is 5.97. The molecule has 0 aromatic carbocycles. The molecule has 0 spiro atoms. The highest BCUT2D eigenvalue weighted by atomic mass is 16.5. The quantitative estimate of drug-likeness (QED) is 0.553. The maximum Gasteiger partial charge on any atom is 0.332 e. The van der Waals surface area contributed by atoms with E-state index >= 15 is 0 Å². The summed E-state index contributed by atoms with van der Waals surface area (Å²) in [6, 6.07) is 0. The Morgan fingerprint density at radius 2 is 1.67 bits per heavy atom. The van der Waals surface area contributed by atoms with Gasteiger partial charge < -0.3 is 14.9 Å². The van der Waals surface area contributed by atoms with Gasteiger partial charge in [-0.1, -0.05) is 13.3 Å². The lowest BCUT2D eigenvalue weighted by atomic mass is 9.97. The number of carbonyl (C=O) groups is 3. The normalized spacial score (nSPS) is 17.0. The van der Waals surface area contributed by atoms with Crippen molar-refractivity contribution in [2.45, 2.75) is 64.4 Å². The zero-order valence-electron chi connectivity index (χ0n) is 12.3. The number of hydrogen-bond donors (Lipinski definition) is 2. The molecular formula is C15H22O6.